The second-order valence-electron chi connectivity index (χ2n) is 3.73. The van der Waals surface area contributed by atoms with Crippen molar-refractivity contribution >= 4 is 16.8 Å². The summed E-state index contributed by atoms with van der Waals surface area (Å²) in [6.07, 6.45) is 1.99. The molecule has 0 amide bonds. The monoisotopic (exact) mass is 225 g/mol. The number of aryl methyl sites for hydroxylation is 1. The molecule has 4 heteroatoms. The van der Waals surface area contributed by atoms with Crippen LogP contribution in [0.3, 0.4) is 0 Å². The van der Waals surface area contributed by atoms with Gasteiger partial charge in [-0.3, -0.25) is 0 Å². The van der Waals surface area contributed by atoms with Gasteiger partial charge in [0, 0.05) is 6.54 Å². The molecule has 0 radical (unpaired) electrons. The van der Waals surface area contributed by atoms with Gasteiger partial charge in [-0.05, 0) is 31.9 Å². The second-order valence-corrected chi connectivity index (χ2v) is 4.89. The van der Waals surface area contributed by atoms with Crippen LogP contribution in [0.25, 0.3) is 0 Å². The van der Waals surface area contributed by atoms with Crippen LogP contribution in [0.2, 0.25) is 0 Å². The highest BCUT2D eigenvalue weighted by molar-refractivity contribution is 7.80. The van der Waals surface area contributed by atoms with Gasteiger partial charge < -0.3 is 0 Å². The van der Waals surface area contributed by atoms with Crippen molar-refractivity contribution in [1.82, 2.24) is 0 Å². The Labute approximate surface area is 92.7 Å². The Bertz CT molecular complexity index is 350. The Kier molecular flexibility index (Phi) is 3.38. The van der Waals surface area contributed by atoms with E-state index in [0.717, 1.165) is 25.1 Å². The fraction of sp³-hybridized carbons (Fsp3) is 0.455. The first-order valence-electron chi connectivity index (χ1n) is 5.17. The molecule has 15 heavy (non-hydrogen) atoms. The molecule has 1 aromatic carbocycles. The maximum atomic E-state index is 11.4. The van der Waals surface area contributed by atoms with Crippen molar-refractivity contribution in [3.05, 3.63) is 29.8 Å². The highest BCUT2D eigenvalue weighted by atomic mass is 32.2. The standard InChI is InChI=1S/C11H15NO2S/c1-10-4-6-11(7-5-10)12-8-2-3-9-15(13)14-12/h4-7H,2-3,8-9H2,1H3. The van der Waals surface area contributed by atoms with Gasteiger partial charge in [0.15, 0.2) is 11.1 Å². The van der Waals surface area contributed by atoms with E-state index in [1.54, 1.807) is 5.06 Å². The van der Waals surface area contributed by atoms with E-state index in [1.165, 1.54) is 5.56 Å². The van der Waals surface area contributed by atoms with Crippen molar-refractivity contribution < 1.29 is 8.49 Å². The van der Waals surface area contributed by atoms with E-state index in [0.29, 0.717) is 5.75 Å². The lowest BCUT2D eigenvalue weighted by atomic mass is 10.2. The number of rotatable bonds is 1. The molecule has 0 N–H and O–H groups in total. The zero-order valence-corrected chi connectivity index (χ0v) is 9.63. The van der Waals surface area contributed by atoms with Crippen LogP contribution in [0.15, 0.2) is 24.3 Å². The Morgan fingerprint density at radius 1 is 1.27 bits per heavy atom. The van der Waals surface area contributed by atoms with Crippen LogP contribution in [-0.4, -0.2) is 16.5 Å². The van der Waals surface area contributed by atoms with E-state index in [4.69, 9.17) is 4.28 Å². The van der Waals surface area contributed by atoms with Gasteiger partial charge in [-0.15, -0.1) is 0 Å². The summed E-state index contributed by atoms with van der Waals surface area (Å²) in [5, 5.41) is 1.74. The molecule has 1 aliphatic rings. The van der Waals surface area contributed by atoms with Crippen molar-refractivity contribution in [1.29, 1.82) is 0 Å². The van der Waals surface area contributed by atoms with Gasteiger partial charge >= 0.3 is 0 Å². The Hall–Kier alpha value is -0.870. The maximum Gasteiger partial charge on any atom is 0.179 e. The highest BCUT2D eigenvalue weighted by Gasteiger charge is 2.15. The molecule has 82 valence electrons. The van der Waals surface area contributed by atoms with Crippen LogP contribution in [0.4, 0.5) is 5.69 Å². The minimum Gasteiger partial charge on any atom is -0.239 e. The second kappa shape index (κ2) is 4.77. The van der Waals surface area contributed by atoms with Crippen LogP contribution in [-0.2, 0) is 15.4 Å². The fourth-order valence-corrected chi connectivity index (χ4v) is 2.41. The molecular formula is C11H15NO2S. The lowest BCUT2D eigenvalue weighted by Gasteiger charge is -2.19. The maximum absolute atomic E-state index is 11.4. The fourth-order valence-electron chi connectivity index (χ4n) is 1.53. The summed E-state index contributed by atoms with van der Waals surface area (Å²) >= 11 is -1.17. The molecule has 1 aromatic rings. The average Bonchev–Trinajstić information content (AvgIpc) is 2.44. The highest BCUT2D eigenvalue weighted by Crippen LogP contribution is 2.19. The third kappa shape index (κ3) is 2.79. The lowest BCUT2D eigenvalue weighted by Crippen LogP contribution is -2.23. The van der Waals surface area contributed by atoms with Crippen molar-refractivity contribution in [2.45, 2.75) is 19.8 Å². The smallest absolute Gasteiger partial charge is 0.179 e. The van der Waals surface area contributed by atoms with Crippen molar-refractivity contribution in [3.8, 4) is 0 Å². The lowest BCUT2D eigenvalue weighted by molar-refractivity contribution is 0.314. The summed E-state index contributed by atoms with van der Waals surface area (Å²) in [4.78, 5) is 0. The third-order valence-corrected chi connectivity index (χ3v) is 3.39. The summed E-state index contributed by atoms with van der Waals surface area (Å²) in [6, 6.07) is 8.06. The van der Waals surface area contributed by atoms with Gasteiger partial charge in [-0.25, -0.2) is 9.27 Å². The molecule has 0 saturated carbocycles. The molecule has 1 atom stereocenters. The predicted molar refractivity (Wildman–Crippen MR) is 61.9 cm³/mol. The number of hydrogen-bond acceptors (Lipinski definition) is 3. The molecule has 3 nitrogen and oxygen atoms in total. The van der Waals surface area contributed by atoms with Gasteiger partial charge in [-0.2, -0.15) is 4.28 Å². The summed E-state index contributed by atoms with van der Waals surface area (Å²) in [7, 11) is 0. The zero-order chi connectivity index (χ0) is 10.7. The first-order chi connectivity index (χ1) is 7.25. The molecule has 0 aromatic heterocycles. The minimum atomic E-state index is -1.17. The minimum absolute atomic E-state index is 0.641. The molecule has 1 unspecified atom stereocenters. The largest absolute Gasteiger partial charge is 0.239 e. The van der Waals surface area contributed by atoms with E-state index in [-0.39, 0.29) is 0 Å². The zero-order valence-electron chi connectivity index (χ0n) is 8.81. The van der Waals surface area contributed by atoms with Crippen LogP contribution in [0, 0.1) is 6.92 Å². The molecule has 1 saturated heterocycles. The van der Waals surface area contributed by atoms with E-state index in [1.807, 2.05) is 31.2 Å². The first-order valence-corrected chi connectivity index (χ1v) is 6.41. The predicted octanol–water partition coefficient (Wildman–Crippen LogP) is 2.19. The van der Waals surface area contributed by atoms with E-state index < -0.39 is 11.1 Å². The van der Waals surface area contributed by atoms with Crippen LogP contribution >= 0.6 is 0 Å². The number of hydrogen-bond donors (Lipinski definition) is 0. The summed E-state index contributed by atoms with van der Waals surface area (Å²) in [6.45, 7) is 2.86. The number of benzene rings is 1. The topological polar surface area (TPSA) is 29.5 Å². The number of hydroxylamine groups is 1. The van der Waals surface area contributed by atoms with E-state index in [2.05, 4.69) is 0 Å². The molecule has 0 bridgehead atoms. The first kappa shape index (κ1) is 10.6. The Morgan fingerprint density at radius 2 is 2.00 bits per heavy atom. The van der Waals surface area contributed by atoms with Gasteiger partial charge in [0.05, 0.1) is 11.4 Å². The molecule has 1 aliphatic heterocycles. The normalized spacial score (nSPS) is 22.5. The molecule has 2 rings (SSSR count). The van der Waals surface area contributed by atoms with Crippen LogP contribution in [0.5, 0.6) is 0 Å². The quantitative estimate of drug-likeness (QED) is 0.733. The molecular weight excluding hydrogens is 210 g/mol. The Balaban J connectivity index is 2.14. The van der Waals surface area contributed by atoms with Gasteiger partial charge in [0.25, 0.3) is 0 Å². The molecule has 0 spiro atoms. The molecule has 1 fully saturated rings. The van der Waals surface area contributed by atoms with Crippen molar-refractivity contribution in [3.63, 3.8) is 0 Å². The van der Waals surface area contributed by atoms with E-state index >= 15 is 0 Å². The van der Waals surface area contributed by atoms with Crippen LogP contribution in [0.1, 0.15) is 18.4 Å². The SMILES string of the molecule is Cc1ccc(N2CCCCS(=O)O2)cc1. The molecule has 1 heterocycles. The summed E-state index contributed by atoms with van der Waals surface area (Å²) < 4.78 is 16.7. The van der Waals surface area contributed by atoms with Crippen molar-refractivity contribution in [2.75, 3.05) is 17.4 Å². The van der Waals surface area contributed by atoms with Crippen molar-refractivity contribution in [2.24, 2.45) is 0 Å². The van der Waals surface area contributed by atoms with Crippen LogP contribution < -0.4 is 5.06 Å². The van der Waals surface area contributed by atoms with Gasteiger partial charge in [0.1, 0.15) is 0 Å². The summed E-state index contributed by atoms with van der Waals surface area (Å²) in [5.41, 5.74) is 2.20. The Morgan fingerprint density at radius 3 is 2.73 bits per heavy atom. The third-order valence-electron chi connectivity index (χ3n) is 2.42. The summed E-state index contributed by atoms with van der Waals surface area (Å²) in [5.74, 6) is 0.641. The van der Waals surface area contributed by atoms with Gasteiger partial charge in [0.2, 0.25) is 0 Å². The van der Waals surface area contributed by atoms with Gasteiger partial charge in [-0.1, -0.05) is 17.7 Å². The number of anilines is 1. The number of nitrogens with zero attached hydrogens (tertiary/aromatic N) is 1. The average molecular weight is 225 g/mol. The molecule has 0 aliphatic carbocycles. The van der Waals surface area contributed by atoms with E-state index in [9.17, 15) is 4.21 Å².